The van der Waals surface area contributed by atoms with E-state index in [2.05, 4.69) is 91.2 Å². The van der Waals surface area contributed by atoms with Gasteiger partial charge in [-0.15, -0.1) is 0 Å². The molecule has 0 amide bonds. The van der Waals surface area contributed by atoms with Crippen LogP contribution in [0.15, 0.2) is 66.7 Å². The van der Waals surface area contributed by atoms with Gasteiger partial charge in [0.2, 0.25) is 0 Å². The molecule has 0 aliphatic rings. The summed E-state index contributed by atoms with van der Waals surface area (Å²) in [6, 6.07) is 23.8. The SMILES string of the molecule is CCC(C)Nc1ccc(Nc2cccc3ccccc23)cc1. The molecule has 0 saturated heterocycles. The summed E-state index contributed by atoms with van der Waals surface area (Å²) < 4.78 is 0. The van der Waals surface area contributed by atoms with Crippen LogP contribution in [0.4, 0.5) is 17.1 Å². The maximum absolute atomic E-state index is 3.51. The van der Waals surface area contributed by atoms with Crippen LogP contribution in [0.3, 0.4) is 0 Å². The third-order valence-corrected chi connectivity index (χ3v) is 3.98. The van der Waals surface area contributed by atoms with Gasteiger partial charge in [0.1, 0.15) is 0 Å². The van der Waals surface area contributed by atoms with Gasteiger partial charge in [-0.2, -0.15) is 0 Å². The van der Waals surface area contributed by atoms with Crippen LogP contribution in [0.1, 0.15) is 20.3 Å². The Balaban J connectivity index is 1.80. The highest BCUT2D eigenvalue weighted by molar-refractivity contribution is 5.95. The molecule has 0 bridgehead atoms. The first-order valence-electron chi connectivity index (χ1n) is 7.87. The van der Waals surface area contributed by atoms with Crippen molar-refractivity contribution >= 4 is 27.8 Å². The normalized spacial score (nSPS) is 12.1. The van der Waals surface area contributed by atoms with Crippen LogP contribution >= 0.6 is 0 Å². The van der Waals surface area contributed by atoms with Gasteiger partial charge in [-0.05, 0) is 49.1 Å². The molecule has 0 fully saturated rings. The Kier molecular flexibility index (Phi) is 4.29. The minimum Gasteiger partial charge on any atom is -0.383 e. The van der Waals surface area contributed by atoms with Crippen LogP contribution < -0.4 is 10.6 Å². The van der Waals surface area contributed by atoms with E-state index in [1.165, 1.54) is 10.8 Å². The van der Waals surface area contributed by atoms with Crippen LogP contribution in [0.2, 0.25) is 0 Å². The Morgan fingerprint density at radius 1 is 0.818 bits per heavy atom. The second kappa shape index (κ2) is 6.52. The molecule has 2 heteroatoms. The monoisotopic (exact) mass is 290 g/mol. The van der Waals surface area contributed by atoms with E-state index in [0.29, 0.717) is 6.04 Å². The van der Waals surface area contributed by atoms with E-state index in [9.17, 15) is 0 Å². The van der Waals surface area contributed by atoms with E-state index in [1.54, 1.807) is 0 Å². The fourth-order valence-electron chi connectivity index (χ4n) is 2.53. The van der Waals surface area contributed by atoms with Crippen molar-refractivity contribution in [3.63, 3.8) is 0 Å². The Bertz CT molecular complexity index is 742. The van der Waals surface area contributed by atoms with Crippen molar-refractivity contribution in [3.8, 4) is 0 Å². The number of hydrogen-bond donors (Lipinski definition) is 2. The Labute approximate surface area is 132 Å². The summed E-state index contributed by atoms with van der Waals surface area (Å²) in [7, 11) is 0. The molecule has 0 radical (unpaired) electrons. The summed E-state index contributed by atoms with van der Waals surface area (Å²) in [5.74, 6) is 0. The van der Waals surface area contributed by atoms with Crippen molar-refractivity contribution in [2.45, 2.75) is 26.3 Å². The molecular formula is C20H22N2. The molecule has 2 N–H and O–H groups in total. The predicted molar refractivity (Wildman–Crippen MR) is 97.0 cm³/mol. The molecule has 0 heterocycles. The fraction of sp³-hybridized carbons (Fsp3) is 0.200. The van der Waals surface area contributed by atoms with Gasteiger partial charge in [-0.3, -0.25) is 0 Å². The molecule has 0 aliphatic heterocycles. The highest BCUT2D eigenvalue weighted by atomic mass is 14.9. The zero-order valence-electron chi connectivity index (χ0n) is 13.1. The second-order valence-corrected chi connectivity index (χ2v) is 5.68. The summed E-state index contributed by atoms with van der Waals surface area (Å²) in [6.07, 6.45) is 1.12. The molecule has 1 unspecified atom stereocenters. The van der Waals surface area contributed by atoms with E-state index >= 15 is 0 Å². The largest absolute Gasteiger partial charge is 0.383 e. The van der Waals surface area contributed by atoms with Crippen molar-refractivity contribution in [1.82, 2.24) is 0 Å². The maximum Gasteiger partial charge on any atom is 0.0463 e. The minimum atomic E-state index is 0.497. The van der Waals surface area contributed by atoms with Crippen molar-refractivity contribution in [3.05, 3.63) is 66.7 Å². The number of nitrogens with one attached hydrogen (secondary N) is 2. The lowest BCUT2D eigenvalue weighted by molar-refractivity contribution is 0.764. The van der Waals surface area contributed by atoms with Crippen LogP contribution in [0.25, 0.3) is 10.8 Å². The van der Waals surface area contributed by atoms with Gasteiger partial charge in [0.05, 0.1) is 0 Å². The van der Waals surface area contributed by atoms with Gasteiger partial charge in [0, 0.05) is 28.5 Å². The standard InChI is InChI=1S/C20H22N2/c1-3-15(2)21-17-11-13-18(14-12-17)22-20-10-6-8-16-7-4-5-9-19(16)20/h4-15,21-22H,3H2,1-2H3. The summed E-state index contributed by atoms with van der Waals surface area (Å²) in [5.41, 5.74) is 3.41. The molecule has 0 aromatic heterocycles. The molecule has 3 aromatic carbocycles. The Morgan fingerprint density at radius 3 is 2.27 bits per heavy atom. The van der Waals surface area contributed by atoms with Crippen molar-refractivity contribution < 1.29 is 0 Å². The quantitative estimate of drug-likeness (QED) is 0.621. The zero-order chi connectivity index (χ0) is 15.4. The molecular weight excluding hydrogens is 268 g/mol. The van der Waals surface area contributed by atoms with Gasteiger partial charge in [0.25, 0.3) is 0 Å². The minimum absolute atomic E-state index is 0.497. The van der Waals surface area contributed by atoms with Crippen LogP contribution in [-0.4, -0.2) is 6.04 Å². The number of anilines is 3. The highest BCUT2D eigenvalue weighted by Crippen LogP contribution is 2.26. The lowest BCUT2D eigenvalue weighted by Crippen LogP contribution is -2.13. The first kappa shape index (κ1) is 14.5. The van der Waals surface area contributed by atoms with E-state index in [4.69, 9.17) is 0 Å². The second-order valence-electron chi connectivity index (χ2n) is 5.68. The summed E-state index contributed by atoms with van der Waals surface area (Å²) >= 11 is 0. The molecule has 0 spiro atoms. The molecule has 112 valence electrons. The lowest BCUT2D eigenvalue weighted by atomic mass is 10.1. The van der Waals surface area contributed by atoms with Gasteiger partial charge < -0.3 is 10.6 Å². The van der Waals surface area contributed by atoms with E-state index in [1.807, 2.05) is 0 Å². The number of benzene rings is 3. The smallest absolute Gasteiger partial charge is 0.0463 e. The molecule has 0 aliphatic carbocycles. The first-order chi connectivity index (χ1) is 10.8. The van der Waals surface area contributed by atoms with Crippen molar-refractivity contribution in [2.24, 2.45) is 0 Å². The van der Waals surface area contributed by atoms with Gasteiger partial charge in [-0.25, -0.2) is 0 Å². The van der Waals surface area contributed by atoms with Crippen molar-refractivity contribution in [1.29, 1.82) is 0 Å². The van der Waals surface area contributed by atoms with Crippen molar-refractivity contribution in [2.75, 3.05) is 10.6 Å². The summed E-state index contributed by atoms with van der Waals surface area (Å²) in [4.78, 5) is 0. The lowest BCUT2D eigenvalue weighted by Gasteiger charge is -2.14. The summed E-state index contributed by atoms with van der Waals surface area (Å²) in [5, 5.41) is 9.49. The third-order valence-electron chi connectivity index (χ3n) is 3.98. The zero-order valence-corrected chi connectivity index (χ0v) is 13.1. The van der Waals surface area contributed by atoms with E-state index < -0.39 is 0 Å². The maximum atomic E-state index is 3.51. The Hall–Kier alpha value is -2.48. The van der Waals surface area contributed by atoms with Crippen LogP contribution in [0, 0.1) is 0 Å². The van der Waals surface area contributed by atoms with E-state index in [-0.39, 0.29) is 0 Å². The van der Waals surface area contributed by atoms with E-state index in [0.717, 1.165) is 23.5 Å². The first-order valence-corrected chi connectivity index (χ1v) is 7.87. The number of hydrogen-bond acceptors (Lipinski definition) is 2. The highest BCUT2D eigenvalue weighted by Gasteiger charge is 2.02. The molecule has 3 rings (SSSR count). The fourth-order valence-corrected chi connectivity index (χ4v) is 2.53. The average molecular weight is 290 g/mol. The molecule has 2 nitrogen and oxygen atoms in total. The Morgan fingerprint density at radius 2 is 1.50 bits per heavy atom. The van der Waals surface area contributed by atoms with Gasteiger partial charge in [0.15, 0.2) is 0 Å². The molecule has 1 atom stereocenters. The predicted octanol–water partition coefficient (Wildman–Crippen LogP) is 5.79. The summed E-state index contributed by atoms with van der Waals surface area (Å²) in [6.45, 7) is 4.39. The topological polar surface area (TPSA) is 24.1 Å². The van der Waals surface area contributed by atoms with Crippen LogP contribution in [-0.2, 0) is 0 Å². The molecule has 22 heavy (non-hydrogen) atoms. The number of rotatable bonds is 5. The molecule has 3 aromatic rings. The van der Waals surface area contributed by atoms with Crippen LogP contribution in [0.5, 0.6) is 0 Å². The molecule has 0 saturated carbocycles. The third kappa shape index (κ3) is 3.22. The van der Waals surface area contributed by atoms with Gasteiger partial charge >= 0.3 is 0 Å². The number of fused-ring (bicyclic) bond motifs is 1. The van der Waals surface area contributed by atoms with Gasteiger partial charge in [-0.1, -0.05) is 43.3 Å². The average Bonchev–Trinajstić information content (AvgIpc) is 2.57.